The first-order valence-corrected chi connectivity index (χ1v) is 9.47. The van der Waals surface area contributed by atoms with E-state index in [0.29, 0.717) is 29.5 Å². The molecule has 3 aromatic rings. The SMILES string of the molecule is COc1ccc(N=Cc2ccc(OCC(=O)NCc3ccccc3)cc2)c(OC)c1. The van der Waals surface area contributed by atoms with Crippen LogP contribution in [-0.2, 0) is 11.3 Å². The van der Waals surface area contributed by atoms with Gasteiger partial charge in [-0.15, -0.1) is 0 Å². The molecule has 0 aliphatic carbocycles. The Balaban J connectivity index is 1.51. The molecule has 3 rings (SSSR count). The van der Waals surface area contributed by atoms with Crippen LogP contribution in [0.15, 0.2) is 77.8 Å². The highest BCUT2D eigenvalue weighted by molar-refractivity contribution is 5.83. The van der Waals surface area contributed by atoms with Crippen molar-refractivity contribution in [1.29, 1.82) is 0 Å². The average Bonchev–Trinajstić information content (AvgIpc) is 2.81. The molecule has 0 bridgehead atoms. The first-order chi connectivity index (χ1) is 14.7. The standard InChI is InChI=1S/C24H24N2O4/c1-28-21-12-13-22(23(14-21)29-2)25-15-19-8-10-20(11-9-19)30-17-24(27)26-16-18-6-4-3-5-7-18/h3-15H,16-17H2,1-2H3,(H,26,27). The third-order valence-electron chi connectivity index (χ3n) is 4.32. The molecular formula is C24H24N2O4. The second kappa shape index (κ2) is 10.7. The number of carbonyl (C=O) groups excluding carboxylic acids is 1. The highest BCUT2D eigenvalue weighted by Gasteiger charge is 2.04. The number of nitrogens with one attached hydrogen (secondary N) is 1. The zero-order chi connectivity index (χ0) is 21.2. The zero-order valence-corrected chi connectivity index (χ0v) is 17.0. The Morgan fingerprint density at radius 3 is 2.37 bits per heavy atom. The van der Waals surface area contributed by atoms with Gasteiger partial charge in [0.05, 0.1) is 14.2 Å². The summed E-state index contributed by atoms with van der Waals surface area (Å²) in [6.07, 6.45) is 1.74. The van der Waals surface area contributed by atoms with Gasteiger partial charge in [-0.25, -0.2) is 0 Å². The number of nitrogens with zero attached hydrogens (tertiary/aromatic N) is 1. The Morgan fingerprint density at radius 2 is 1.67 bits per heavy atom. The fourth-order valence-corrected chi connectivity index (χ4v) is 2.68. The molecule has 0 aliphatic heterocycles. The summed E-state index contributed by atoms with van der Waals surface area (Å²) in [6.45, 7) is 0.441. The molecule has 0 saturated carbocycles. The van der Waals surface area contributed by atoms with Crippen LogP contribution in [-0.4, -0.2) is 32.9 Å². The summed E-state index contributed by atoms with van der Waals surface area (Å²) in [5.41, 5.74) is 2.64. The monoisotopic (exact) mass is 404 g/mol. The number of rotatable bonds is 9. The lowest BCUT2D eigenvalue weighted by atomic mass is 10.2. The van der Waals surface area contributed by atoms with E-state index in [1.54, 1.807) is 38.6 Å². The molecule has 0 spiro atoms. The van der Waals surface area contributed by atoms with Crippen LogP contribution in [0, 0.1) is 0 Å². The summed E-state index contributed by atoms with van der Waals surface area (Å²) in [5.74, 6) is 1.78. The predicted molar refractivity (Wildman–Crippen MR) is 117 cm³/mol. The Kier molecular flexibility index (Phi) is 7.44. The Bertz CT molecular complexity index is 986. The second-order valence-electron chi connectivity index (χ2n) is 6.42. The number of aliphatic imine (C=N–C) groups is 1. The minimum Gasteiger partial charge on any atom is -0.497 e. The normalized spacial score (nSPS) is 10.6. The highest BCUT2D eigenvalue weighted by Crippen LogP contribution is 2.31. The van der Waals surface area contributed by atoms with Crippen molar-refractivity contribution in [3.63, 3.8) is 0 Å². The highest BCUT2D eigenvalue weighted by atomic mass is 16.5. The number of benzene rings is 3. The predicted octanol–water partition coefficient (Wildman–Crippen LogP) is 4.15. The maximum Gasteiger partial charge on any atom is 0.258 e. The van der Waals surface area contributed by atoms with E-state index >= 15 is 0 Å². The average molecular weight is 404 g/mol. The van der Waals surface area contributed by atoms with Gasteiger partial charge in [-0.3, -0.25) is 9.79 Å². The van der Waals surface area contributed by atoms with Crippen molar-refractivity contribution in [3.8, 4) is 17.2 Å². The van der Waals surface area contributed by atoms with Crippen LogP contribution >= 0.6 is 0 Å². The van der Waals surface area contributed by atoms with Crippen LogP contribution in [0.25, 0.3) is 0 Å². The number of hydrogen-bond acceptors (Lipinski definition) is 5. The van der Waals surface area contributed by atoms with E-state index < -0.39 is 0 Å². The molecule has 0 heterocycles. The van der Waals surface area contributed by atoms with E-state index in [1.807, 2.05) is 54.6 Å². The largest absolute Gasteiger partial charge is 0.497 e. The number of methoxy groups -OCH3 is 2. The summed E-state index contributed by atoms with van der Waals surface area (Å²) in [5, 5.41) is 2.83. The van der Waals surface area contributed by atoms with E-state index in [9.17, 15) is 4.79 Å². The number of carbonyl (C=O) groups is 1. The van der Waals surface area contributed by atoms with Crippen LogP contribution in [0.4, 0.5) is 5.69 Å². The third kappa shape index (κ3) is 6.10. The lowest BCUT2D eigenvalue weighted by Gasteiger charge is -2.08. The molecule has 154 valence electrons. The van der Waals surface area contributed by atoms with Crippen LogP contribution in [0.1, 0.15) is 11.1 Å². The molecule has 30 heavy (non-hydrogen) atoms. The summed E-state index contributed by atoms with van der Waals surface area (Å²) >= 11 is 0. The number of hydrogen-bond donors (Lipinski definition) is 1. The van der Waals surface area contributed by atoms with Gasteiger partial charge in [-0.2, -0.15) is 0 Å². The van der Waals surface area contributed by atoms with Gasteiger partial charge in [0.25, 0.3) is 5.91 Å². The van der Waals surface area contributed by atoms with Gasteiger partial charge in [-0.1, -0.05) is 30.3 Å². The molecule has 6 nitrogen and oxygen atoms in total. The van der Waals surface area contributed by atoms with E-state index in [2.05, 4.69) is 10.3 Å². The quantitative estimate of drug-likeness (QED) is 0.544. The summed E-state index contributed by atoms with van der Waals surface area (Å²) in [6, 6.07) is 22.5. The van der Waals surface area contributed by atoms with Crippen molar-refractivity contribution in [2.24, 2.45) is 4.99 Å². The molecule has 1 N–H and O–H groups in total. The van der Waals surface area contributed by atoms with E-state index in [-0.39, 0.29) is 12.5 Å². The maximum absolute atomic E-state index is 11.9. The van der Waals surface area contributed by atoms with Crippen LogP contribution in [0.2, 0.25) is 0 Å². The first-order valence-electron chi connectivity index (χ1n) is 9.47. The van der Waals surface area contributed by atoms with Gasteiger partial charge in [-0.05, 0) is 47.5 Å². The van der Waals surface area contributed by atoms with Crippen molar-refractivity contribution < 1.29 is 19.0 Å². The van der Waals surface area contributed by atoms with Gasteiger partial charge in [0.2, 0.25) is 0 Å². The van der Waals surface area contributed by atoms with Crippen molar-refractivity contribution in [1.82, 2.24) is 5.32 Å². The van der Waals surface area contributed by atoms with Crippen molar-refractivity contribution >= 4 is 17.8 Å². The minimum absolute atomic E-state index is 0.0384. The molecule has 6 heteroatoms. The van der Waals surface area contributed by atoms with Crippen LogP contribution in [0.3, 0.4) is 0 Å². The molecular weight excluding hydrogens is 380 g/mol. The molecule has 0 aromatic heterocycles. The van der Waals surface area contributed by atoms with E-state index in [1.165, 1.54) is 0 Å². The van der Waals surface area contributed by atoms with Gasteiger partial charge in [0.15, 0.2) is 6.61 Å². The summed E-state index contributed by atoms with van der Waals surface area (Å²) in [4.78, 5) is 16.4. The van der Waals surface area contributed by atoms with Crippen molar-refractivity contribution in [2.75, 3.05) is 20.8 Å². The minimum atomic E-state index is -0.170. The number of ether oxygens (including phenoxy) is 3. The Morgan fingerprint density at radius 1 is 0.933 bits per heavy atom. The molecule has 0 unspecified atom stereocenters. The van der Waals surface area contributed by atoms with E-state index in [0.717, 1.165) is 11.1 Å². The molecule has 0 aliphatic rings. The zero-order valence-electron chi connectivity index (χ0n) is 17.0. The molecule has 1 amide bonds. The van der Waals surface area contributed by atoms with Gasteiger partial charge in [0.1, 0.15) is 22.9 Å². The van der Waals surface area contributed by atoms with Crippen molar-refractivity contribution in [3.05, 3.63) is 83.9 Å². The molecule has 0 radical (unpaired) electrons. The summed E-state index contributed by atoms with van der Waals surface area (Å²) < 4.78 is 16.1. The molecule has 3 aromatic carbocycles. The molecule has 0 fully saturated rings. The van der Waals surface area contributed by atoms with E-state index in [4.69, 9.17) is 14.2 Å². The molecule has 0 saturated heterocycles. The fraction of sp³-hybridized carbons (Fsp3) is 0.167. The van der Waals surface area contributed by atoms with Gasteiger partial charge in [0, 0.05) is 18.8 Å². The topological polar surface area (TPSA) is 69.2 Å². The lowest BCUT2D eigenvalue weighted by molar-refractivity contribution is -0.123. The Hall–Kier alpha value is -3.80. The maximum atomic E-state index is 11.9. The van der Waals surface area contributed by atoms with Crippen molar-refractivity contribution in [2.45, 2.75) is 6.54 Å². The van der Waals surface area contributed by atoms with Crippen LogP contribution in [0.5, 0.6) is 17.2 Å². The Labute approximate surface area is 176 Å². The van der Waals surface area contributed by atoms with Gasteiger partial charge >= 0.3 is 0 Å². The lowest BCUT2D eigenvalue weighted by Crippen LogP contribution is -2.28. The van der Waals surface area contributed by atoms with Crippen LogP contribution < -0.4 is 19.5 Å². The first kappa shape index (κ1) is 20.9. The fourth-order valence-electron chi connectivity index (χ4n) is 2.68. The third-order valence-corrected chi connectivity index (χ3v) is 4.32. The molecule has 0 atom stereocenters. The second-order valence-corrected chi connectivity index (χ2v) is 6.42. The van der Waals surface area contributed by atoms with Gasteiger partial charge < -0.3 is 19.5 Å². The smallest absolute Gasteiger partial charge is 0.258 e. The number of amides is 1. The summed E-state index contributed by atoms with van der Waals surface area (Å²) in [7, 11) is 3.20.